The largest absolute Gasteiger partial charge is 0.461 e. The van der Waals surface area contributed by atoms with Crippen molar-refractivity contribution in [2.24, 2.45) is 5.92 Å². The summed E-state index contributed by atoms with van der Waals surface area (Å²) in [6, 6.07) is 7.67. The normalized spacial score (nSPS) is 18.9. The molecule has 0 aromatic heterocycles. The number of ether oxygens (including phenoxy) is 3. The fraction of sp³-hybridized carbons (Fsp3) is 0.630. The first-order chi connectivity index (χ1) is 16.7. The maximum atomic E-state index is 13.2. The Hall–Kier alpha value is -3.10. The topological polar surface area (TPSA) is 120 Å². The molecule has 36 heavy (non-hydrogen) atoms. The summed E-state index contributed by atoms with van der Waals surface area (Å²) in [6.07, 6.45) is 1.64. The average Bonchev–Trinajstić information content (AvgIpc) is 2.75. The van der Waals surface area contributed by atoms with Crippen molar-refractivity contribution < 1.29 is 33.4 Å². The van der Waals surface area contributed by atoms with Crippen LogP contribution in [0, 0.1) is 5.92 Å². The van der Waals surface area contributed by atoms with Crippen LogP contribution in [0.4, 0.5) is 4.79 Å². The maximum Gasteiger partial charge on any atom is 0.408 e. The molecule has 1 saturated carbocycles. The summed E-state index contributed by atoms with van der Waals surface area (Å²) in [5.74, 6) is -2.12. The lowest BCUT2D eigenvalue weighted by molar-refractivity contribution is -0.157. The van der Waals surface area contributed by atoms with Crippen LogP contribution in [0.5, 0.6) is 0 Å². The Bertz CT molecular complexity index is 873. The Morgan fingerprint density at radius 1 is 0.917 bits per heavy atom. The molecule has 2 amide bonds. The number of benzene rings is 1. The molecule has 1 unspecified atom stereocenters. The molecule has 0 bridgehead atoms. The first-order valence-electron chi connectivity index (χ1n) is 12.5. The summed E-state index contributed by atoms with van der Waals surface area (Å²) in [6.45, 7) is 10.4. The maximum absolute atomic E-state index is 13.2. The Morgan fingerprint density at radius 3 is 2.14 bits per heavy atom. The van der Waals surface area contributed by atoms with Crippen molar-refractivity contribution in [2.75, 3.05) is 0 Å². The van der Waals surface area contributed by atoms with Gasteiger partial charge in [-0.05, 0) is 59.9 Å². The third kappa shape index (κ3) is 10.7. The van der Waals surface area contributed by atoms with Crippen molar-refractivity contribution in [3.8, 4) is 0 Å². The molecule has 0 heterocycles. The van der Waals surface area contributed by atoms with E-state index >= 15 is 0 Å². The molecule has 1 aliphatic rings. The van der Waals surface area contributed by atoms with E-state index in [4.69, 9.17) is 14.2 Å². The zero-order chi connectivity index (χ0) is 26.9. The fourth-order valence-electron chi connectivity index (χ4n) is 3.91. The highest BCUT2D eigenvalue weighted by Gasteiger charge is 2.36. The third-order valence-electron chi connectivity index (χ3n) is 5.42. The van der Waals surface area contributed by atoms with Crippen molar-refractivity contribution in [2.45, 2.75) is 104 Å². The van der Waals surface area contributed by atoms with Crippen LogP contribution in [-0.4, -0.2) is 47.2 Å². The SMILES string of the molecule is CC(C)(C)OC(=O)CC(NC(=O)OC(C)(C)C)C(=O)N[C@@H]1CCCC[C@H]1C(=O)OCc1ccccc1. The van der Waals surface area contributed by atoms with Gasteiger partial charge in [0.1, 0.15) is 23.9 Å². The zero-order valence-electron chi connectivity index (χ0n) is 22.2. The molecule has 0 aliphatic heterocycles. The van der Waals surface area contributed by atoms with Gasteiger partial charge in [0, 0.05) is 6.04 Å². The predicted molar refractivity (Wildman–Crippen MR) is 134 cm³/mol. The van der Waals surface area contributed by atoms with E-state index < -0.39 is 47.2 Å². The molecule has 1 aromatic rings. The van der Waals surface area contributed by atoms with Crippen LogP contribution in [0.25, 0.3) is 0 Å². The lowest BCUT2D eigenvalue weighted by atomic mass is 9.84. The standard InChI is InChI=1S/C27H40N2O7/c1-26(2,3)35-22(30)16-21(29-25(33)36-27(4,5)6)23(31)28-20-15-11-10-14-19(20)24(32)34-17-18-12-8-7-9-13-18/h7-9,12-13,19-21H,10-11,14-17H2,1-6H3,(H,28,31)(H,29,33)/t19-,20-,21?/m1/s1. The molecule has 3 atom stereocenters. The molecule has 0 spiro atoms. The Morgan fingerprint density at radius 2 is 1.53 bits per heavy atom. The second-order valence-corrected chi connectivity index (χ2v) is 11.1. The van der Waals surface area contributed by atoms with E-state index in [1.165, 1.54) is 0 Å². The Kier molecular flexibility index (Phi) is 10.3. The molecule has 0 radical (unpaired) electrons. The van der Waals surface area contributed by atoms with E-state index in [0.29, 0.717) is 12.8 Å². The molecule has 2 N–H and O–H groups in total. The minimum Gasteiger partial charge on any atom is -0.461 e. The number of nitrogens with one attached hydrogen (secondary N) is 2. The second-order valence-electron chi connectivity index (χ2n) is 11.1. The van der Waals surface area contributed by atoms with Crippen LogP contribution in [0.1, 0.15) is 79.2 Å². The van der Waals surface area contributed by atoms with Gasteiger partial charge in [-0.15, -0.1) is 0 Å². The van der Waals surface area contributed by atoms with Crippen molar-refractivity contribution in [1.82, 2.24) is 10.6 Å². The smallest absolute Gasteiger partial charge is 0.408 e. The van der Waals surface area contributed by atoms with Gasteiger partial charge in [-0.2, -0.15) is 0 Å². The second kappa shape index (κ2) is 12.7. The Labute approximate surface area is 213 Å². The number of carbonyl (C=O) groups excluding carboxylic acids is 4. The molecular formula is C27H40N2O7. The summed E-state index contributed by atoms with van der Waals surface area (Å²) < 4.78 is 16.1. The summed E-state index contributed by atoms with van der Waals surface area (Å²) in [4.78, 5) is 50.9. The van der Waals surface area contributed by atoms with E-state index in [2.05, 4.69) is 10.6 Å². The average molecular weight is 505 g/mol. The van der Waals surface area contributed by atoms with E-state index in [1.807, 2.05) is 30.3 Å². The number of hydrogen-bond donors (Lipinski definition) is 2. The van der Waals surface area contributed by atoms with Crippen LogP contribution < -0.4 is 10.6 Å². The van der Waals surface area contributed by atoms with Crippen molar-refractivity contribution >= 4 is 23.9 Å². The first-order valence-corrected chi connectivity index (χ1v) is 12.5. The number of amides is 2. The van der Waals surface area contributed by atoms with Crippen LogP contribution >= 0.6 is 0 Å². The summed E-state index contributed by atoms with van der Waals surface area (Å²) in [5.41, 5.74) is -0.657. The van der Waals surface area contributed by atoms with Crippen LogP contribution in [0.3, 0.4) is 0 Å². The lowest BCUT2D eigenvalue weighted by Crippen LogP contribution is -2.54. The quantitative estimate of drug-likeness (QED) is 0.405. The van der Waals surface area contributed by atoms with Gasteiger partial charge in [-0.25, -0.2) is 4.79 Å². The highest BCUT2D eigenvalue weighted by molar-refractivity contribution is 5.90. The van der Waals surface area contributed by atoms with Gasteiger partial charge in [-0.3, -0.25) is 14.4 Å². The molecule has 1 fully saturated rings. The first kappa shape index (κ1) is 29.1. The van der Waals surface area contributed by atoms with Gasteiger partial charge in [-0.1, -0.05) is 43.2 Å². The highest BCUT2D eigenvalue weighted by Crippen LogP contribution is 2.26. The molecule has 200 valence electrons. The molecule has 1 aromatic carbocycles. The van der Waals surface area contributed by atoms with Crippen molar-refractivity contribution in [3.63, 3.8) is 0 Å². The summed E-state index contributed by atoms with van der Waals surface area (Å²) in [7, 11) is 0. The van der Waals surface area contributed by atoms with E-state index in [0.717, 1.165) is 18.4 Å². The fourth-order valence-corrected chi connectivity index (χ4v) is 3.91. The minimum absolute atomic E-state index is 0.151. The van der Waals surface area contributed by atoms with E-state index in [9.17, 15) is 19.2 Å². The van der Waals surface area contributed by atoms with E-state index in [-0.39, 0.29) is 19.0 Å². The highest BCUT2D eigenvalue weighted by atomic mass is 16.6. The minimum atomic E-state index is -1.22. The van der Waals surface area contributed by atoms with E-state index in [1.54, 1.807) is 41.5 Å². The van der Waals surface area contributed by atoms with Gasteiger partial charge in [0.25, 0.3) is 0 Å². The number of rotatable bonds is 8. The van der Waals surface area contributed by atoms with Gasteiger partial charge < -0.3 is 24.8 Å². The summed E-state index contributed by atoms with van der Waals surface area (Å²) in [5, 5.41) is 5.35. The lowest BCUT2D eigenvalue weighted by Gasteiger charge is -2.32. The van der Waals surface area contributed by atoms with Crippen LogP contribution in [0.15, 0.2) is 30.3 Å². The molecule has 2 rings (SSSR count). The number of alkyl carbamates (subject to hydrolysis) is 1. The molecule has 9 nitrogen and oxygen atoms in total. The number of hydrogen-bond acceptors (Lipinski definition) is 7. The molecule has 9 heteroatoms. The monoisotopic (exact) mass is 504 g/mol. The van der Waals surface area contributed by atoms with Crippen molar-refractivity contribution in [3.05, 3.63) is 35.9 Å². The van der Waals surface area contributed by atoms with Gasteiger partial charge in [0.2, 0.25) is 5.91 Å². The third-order valence-corrected chi connectivity index (χ3v) is 5.42. The Balaban J connectivity index is 2.08. The predicted octanol–water partition coefficient (Wildman–Crippen LogP) is 4.03. The van der Waals surface area contributed by atoms with Gasteiger partial charge in [0.05, 0.1) is 12.3 Å². The van der Waals surface area contributed by atoms with Crippen LogP contribution in [0.2, 0.25) is 0 Å². The number of carbonyl (C=O) groups is 4. The van der Waals surface area contributed by atoms with Crippen LogP contribution in [-0.2, 0) is 35.2 Å². The van der Waals surface area contributed by atoms with Gasteiger partial charge in [0.15, 0.2) is 0 Å². The molecule has 1 aliphatic carbocycles. The summed E-state index contributed by atoms with van der Waals surface area (Å²) >= 11 is 0. The molecular weight excluding hydrogens is 464 g/mol. The molecule has 0 saturated heterocycles. The van der Waals surface area contributed by atoms with Gasteiger partial charge >= 0.3 is 18.0 Å². The number of esters is 2. The zero-order valence-corrected chi connectivity index (χ0v) is 22.2. The van der Waals surface area contributed by atoms with Crippen molar-refractivity contribution in [1.29, 1.82) is 0 Å².